The average molecular weight is 457 g/mol. The molecule has 1 saturated carbocycles. The summed E-state index contributed by atoms with van der Waals surface area (Å²) in [5.41, 5.74) is 8.21. The zero-order valence-corrected chi connectivity index (χ0v) is 19.6. The molecular formula is C24H36N6O3. The van der Waals surface area contributed by atoms with Gasteiger partial charge in [0, 0.05) is 65.3 Å². The van der Waals surface area contributed by atoms with Crippen LogP contribution >= 0.6 is 0 Å². The van der Waals surface area contributed by atoms with E-state index >= 15 is 0 Å². The number of aromatic hydroxyl groups is 1. The predicted octanol–water partition coefficient (Wildman–Crippen LogP) is 1.29. The third kappa shape index (κ3) is 4.79. The number of aryl methyl sites for hydroxylation is 1. The van der Waals surface area contributed by atoms with Crippen molar-refractivity contribution < 1.29 is 10.2 Å². The van der Waals surface area contributed by atoms with E-state index in [1.807, 2.05) is 0 Å². The number of aromatic nitrogens is 2. The average Bonchev–Trinajstić information content (AvgIpc) is 3.07. The van der Waals surface area contributed by atoms with E-state index in [9.17, 15) is 15.0 Å². The first-order chi connectivity index (χ1) is 15.9. The summed E-state index contributed by atoms with van der Waals surface area (Å²) >= 11 is 0. The lowest BCUT2D eigenvalue weighted by Gasteiger charge is -2.42. The Morgan fingerprint density at radius 2 is 1.88 bits per heavy atom. The molecule has 1 saturated heterocycles. The number of aliphatic imine (C=N–C) groups is 1. The molecule has 0 radical (unpaired) electrons. The van der Waals surface area contributed by atoms with Crippen LogP contribution in [0.25, 0.3) is 11.0 Å². The Morgan fingerprint density at radius 1 is 1.18 bits per heavy atom. The number of hydrogen-bond donors (Lipinski definition) is 3. The van der Waals surface area contributed by atoms with E-state index in [4.69, 9.17) is 5.73 Å². The van der Waals surface area contributed by atoms with Crippen molar-refractivity contribution in [3.05, 3.63) is 40.6 Å². The molecule has 0 spiro atoms. The molecule has 2 aromatic rings. The maximum atomic E-state index is 12.8. The van der Waals surface area contributed by atoms with Gasteiger partial charge < -0.3 is 20.8 Å². The maximum Gasteiger partial charge on any atom is 0.328 e. The van der Waals surface area contributed by atoms with E-state index in [0.717, 1.165) is 68.6 Å². The Hall–Kier alpha value is -2.78. The summed E-state index contributed by atoms with van der Waals surface area (Å²) in [5.74, 6) is 0.814. The third-order valence-electron chi connectivity index (χ3n) is 7.37. The first-order valence-electron chi connectivity index (χ1n) is 11.8. The molecular weight excluding hydrogens is 420 g/mol. The molecule has 4 N–H and O–H groups in total. The van der Waals surface area contributed by atoms with Crippen molar-refractivity contribution in [1.82, 2.24) is 18.9 Å². The molecule has 2 heterocycles. The van der Waals surface area contributed by atoms with Gasteiger partial charge in [0.25, 0.3) is 0 Å². The Morgan fingerprint density at radius 3 is 2.52 bits per heavy atom. The first kappa shape index (κ1) is 23.4. The van der Waals surface area contributed by atoms with Crippen molar-refractivity contribution in [3.63, 3.8) is 0 Å². The number of rotatable bonds is 6. The van der Waals surface area contributed by atoms with Crippen molar-refractivity contribution >= 4 is 17.2 Å². The topological polar surface area (TPSA) is 112 Å². The number of aliphatic hydroxyl groups is 1. The number of benzene rings is 1. The standard InChI is InChI=1S/C24H36N6O3/c1-26-15-19(14-25)28-9-11-29(12-10-28)23(32)18-5-3-17(4-6-18)16-30-22-13-20(31)7-8-21(22)27(2)24(30)33/h7-8,13-15,17-18,23,31-32H,3-6,9-12,16,25H2,1-2H3. The van der Waals surface area contributed by atoms with E-state index in [2.05, 4.69) is 14.8 Å². The Bertz CT molecular complexity index is 1070. The fourth-order valence-corrected chi connectivity index (χ4v) is 5.41. The second kappa shape index (κ2) is 10.0. The highest BCUT2D eigenvalue weighted by atomic mass is 16.3. The van der Waals surface area contributed by atoms with Gasteiger partial charge >= 0.3 is 5.69 Å². The molecule has 1 aliphatic heterocycles. The van der Waals surface area contributed by atoms with Crippen LogP contribution in [0.5, 0.6) is 5.75 Å². The number of piperazine rings is 1. The van der Waals surface area contributed by atoms with Crippen LogP contribution in [0.1, 0.15) is 25.7 Å². The number of hydrogen-bond acceptors (Lipinski definition) is 7. The summed E-state index contributed by atoms with van der Waals surface area (Å²) < 4.78 is 3.43. The second-order valence-corrected chi connectivity index (χ2v) is 9.32. The zero-order chi connectivity index (χ0) is 23.5. The molecule has 2 fully saturated rings. The van der Waals surface area contributed by atoms with Gasteiger partial charge in [0.15, 0.2) is 0 Å². The molecule has 9 heteroatoms. The SMILES string of the molecule is CN=CC(=CN)N1CCN(C(O)C2CCC(Cn3c(=O)n(C)c4ccc(O)cc43)CC2)CC1. The fourth-order valence-electron chi connectivity index (χ4n) is 5.41. The van der Waals surface area contributed by atoms with Crippen LogP contribution in [0.2, 0.25) is 0 Å². The largest absolute Gasteiger partial charge is 0.508 e. The minimum Gasteiger partial charge on any atom is -0.508 e. The number of imidazole rings is 1. The summed E-state index contributed by atoms with van der Waals surface area (Å²) in [4.78, 5) is 21.2. The molecule has 1 atom stereocenters. The van der Waals surface area contributed by atoms with Gasteiger partial charge in [-0.1, -0.05) is 0 Å². The van der Waals surface area contributed by atoms with Gasteiger partial charge in [0.2, 0.25) is 0 Å². The highest BCUT2D eigenvalue weighted by molar-refractivity contribution is 5.78. The third-order valence-corrected chi connectivity index (χ3v) is 7.37. The van der Waals surface area contributed by atoms with Gasteiger partial charge in [-0.2, -0.15) is 0 Å². The van der Waals surface area contributed by atoms with Crippen molar-refractivity contribution in [1.29, 1.82) is 0 Å². The van der Waals surface area contributed by atoms with E-state index in [1.165, 1.54) is 0 Å². The molecule has 0 bridgehead atoms. The molecule has 4 rings (SSSR count). The fraction of sp³-hybridized carbons (Fsp3) is 0.583. The van der Waals surface area contributed by atoms with Crippen LogP contribution in [0, 0.1) is 11.8 Å². The highest BCUT2D eigenvalue weighted by Crippen LogP contribution is 2.33. The van der Waals surface area contributed by atoms with E-state index in [0.29, 0.717) is 12.5 Å². The molecule has 2 aliphatic rings. The first-order valence-corrected chi connectivity index (χ1v) is 11.8. The summed E-state index contributed by atoms with van der Waals surface area (Å²) in [5, 5.41) is 20.9. The molecule has 180 valence electrons. The number of phenols is 1. The van der Waals surface area contributed by atoms with Gasteiger partial charge in [0.1, 0.15) is 12.0 Å². The lowest BCUT2D eigenvalue weighted by molar-refractivity contribution is -0.0694. The summed E-state index contributed by atoms with van der Waals surface area (Å²) in [6.07, 6.45) is 6.79. The minimum absolute atomic E-state index is 0.0466. The van der Waals surface area contributed by atoms with Crippen LogP contribution in [0.4, 0.5) is 0 Å². The van der Waals surface area contributed by atoms with Crippen LogP contribution in [0.3, 0.4) is 0 Å². The summed E-state index contributed by atoms with van der Waals surface area (Å²) in [7, 11) is 3.51. The number of fused-ring (bicyclic) bond motifs is 1. The van der Waals surface area contributed by atoms with Gasteiger partial charge in [0.05, 0.1) is 16.7 Å². The van der Waals surface area contributed by atoms with Crippen molar-refractivity contribution in [2.75, 3.05) is 33.2 Å². The summed E-state index contributed by atoms with van der Waals surface area (Å²) in [6.45, 7) is 3.88. The Kier molecular flexibility index (Phi) is 7.09. The van der Waals surface area contributed by atoms with Gasteiger partial charge in [-0.25, -0.2) is 4.79 Å². The van der Waals surface area contributed by atoms with Gasteiger partial charge in [-0.15, -0.1) is 0 Å². The lowest BCUT2D eigenvalue weighted by Crippen LogP contribution is -2.52. The lowest BCUT2D eigenvalue weighted by atomic mass is 9.80. The number of phenolic OH excluding ortho intramolecular Hbond substituents is 1. The zero-order valence-electron chi connectivity index (χ0n) is 19.6. The normalized spacial score (nSPS) is 24.1. The van der Waals surface area contributed by atoms with E-state index in [-0.39, 0.29) is 17.4 Å². The molecule has 1 unspecified atom stereocenters. The minimum atomic E-state index is -0.435. The Labute approximate surface area is 194 Å². The van der Waals surface area contributed by atoms with Crippen LogP contribution < -0.4 is 11.4 Å². The van der Waals surface area contributed by atoms with E-state index < -0.39 is 6.23 Å². The van der Waals surface area contributed by atoms with Crippen molar-refractivity contribution in [2.24, 2.45) is 29.6 Å². The smallest absolute Gasteiger partial charge is 0.328 e. The van der Waals surface area contributed by atoms with Crippen LogP contribution in [-0.2, 0) is 13.6 Å². The molecule has 1 aromatic heterocycles. The van der Waals surface area contributed by atoms with Crippen molar-refractivity contribution in [2.45, 2.75) is 38.5 Å². The van der Waals surface area contributed by atoms with Crippen LogP contribution in [-0.4, -0.2) is 74.8 Å². The van der Waals surface area contributed by atoms with Gasteiger partial charge in [-0.05, 0) is 49.7 Å². The summed E-state index contributed by atoms with van der Waals surface area (Å²) in [6, 6.07) is 5.07. The molecule has 1 aliphatic carbocycles. The number of nitrogens with zero attached hydrogens (tertiary/aromatic N) is 5. The van der Waals surface area contributed by atoms with Gasteiger partial charge in [-0.3, -0.25) is 19.0 Å². The number of nitrogens with two attached hydrogens (primary N) is 1. The second-order valence-electron chi connectivity index (χ2n) is 9.32. The van der Waals surface area contributed by atoms with Crippen molar-refractivity contribution in [3.8, 4) is 5.75 Å². The van der Waals surface area contributed by atoms with Crippen LogP contribution in [0.15, 0.2) is 39.9 Å². The number of aliphatic hydroxyl groups excluding tert-OH is 1. The molecule has 1 aromatic carbocycles. The Balaban J connectivity index is 1.33. The monoisotopic (exact) mass is 456 g/mol. The molecule has 9 nitrogen and oxygen atoms in total. The highest BCUT2D eigenvalue weighted by Gasteiger charge is 2.32. The van der Waals surface area contributed by atoms with E-state index in [1.54, 1.807) is 53.8 Å². The number of allylic oxidation sites excluding steroid dienone is 1. The molecule has 33 heavy (non-hydrogen) atoms. The quantitative estimate of drug-likeness (QED) is 0.565. The predicted molar refractivity (Wildman–Crippen MR) is 130 cm³/mol. The maximum absolute atomic E-state index is 12.8. The molecule has 0 amide bonds.